The highest BCUT2D eigenvalue weighted by Crippen LogP contribution is 2.41. The lowest BCUT2D eigenvalue weighted by atomic mass is 9.80. The Balaban J connectivity index is 1.00. The van der Waals surface area contributed by atoms with E-state index in [-0.39, 0.29) is 23.7 Å². The van der Waals surface area contributed by atoms with Crippen LogP contribution < -0.4 is 5.32 Å². The van der Waals surface area contributed by atoms with Gasteiger partial charge >= 0.3 is 0 Å². The SMILES string of the molecule is O=C(N[C@@H]1C[C@@H]1c1ccccc1)c1ccc2c(c1)CCC(CCN1CCC(c3ccccc3)CC1)C2=O. The zero-order chi connectivity index (χ0) is 25.2. The first-order chi connectivity index (χ1) is 18.2. The zero-order valence-corrected chi connectivity index (χ0v) is 21.4. The number of carbonyl (C=O) groups excluding carboxylic acids is 2. The molecule has 4 nitrogen and oxygen atoms in total. The minimum atomic E-state index is -0.0280. The van der Waals surface area contributed by atoms with Gasteiger partial charge in [-0.05, 0) is 92.9 Å². The average molecular weight is 493 g/mol. The molecule has 37 heavy (non-hydrogen) atoms. The number of piperidine rings is 1. The second-order valence-corrected chi connectivity index (χ2v) is 11.1. The quantitative estimate of drug-likeness (QED) is 0.441. The monoisotopic (exact) mass is 492 g/mol. The van der Waals surface area contributed by atoms with E-state index < -0.39 is 0 Å². The van der Waals surface area contributed by atoms with E-state index in [9.17, 15) is 9.59 Å². The van der Waals surface area contributed by atoms with Crippen LogP contribution in [0.3, 0.4) is 0 Å². The molecule has 1 N–H and O–H groups in total. The summed E-state index contributed by atoms with van der Waals surface area (Å²) in [5, 5.41) is 3.19. The third-order valence-corrected chi connectivity index (χ3v) is 8.75. The second kappa shape index (κ2) is 10.6. The molecule has 0 radical (unpaired) electrons. The third kappa shape index (κ3) is 5.40. The Bertz CT molecular complexity index is 1250. The van der Waals surface area contributed by atoms with Crippen molar-refractivity contribution in [2.24, 2.45) is 5.92 Å². The van der Waals surface area contributed by atoms with Gasteiger partial charge in [0.1, 0.15) is 0 Å². The van der Waals surface area contributed by atoms with E-state index in [0.717, 1.165) is 56.4 Å². The van der Waals surface area contributed by atoms with Crippen LogP contribution >= 0.6 is 0 Å². The van der Waals surface area contributed by atoms with E-state index >= 15 is 0 Å². The van der Waals surface area contributed by atoms with Crippen LogP contribution in [-0.4, -0.2) is 42.3 Å². The number of carbonyl (C=O) groups is 2. The number of nitrogens with one attached hydrogen (secondary N) is 1. The van der Waals surface area contributed by atoms with Crippen molar-refractivity contribution in [3.05, 3.63) is 107 Å². The van der Waals surface area contributed by atoms with E-state index in [1.165, 1.54) is 24.0 Å². The number of fused-ring (bicyclic) bond motifs is 1. The van der Waals surface area contributed by atoms with Gasteiger partial charge in [-0.3, -0.25) is 9.59 Å². The normalized spacial score (nSPS) is 23.9. The number of benzene rings is 3. The van der Waals surface area contributed by atoms with Gasteiger partial charge < -0.3 is 10.2 Å². The molecular weight excluding hydrogens is 456 g/mol. The van der Waals surface area contributed by atoms with Crippen LogP contribution in [0.5, 0.6) is 0 Å². The standard InChI is InChI=1S/C33H36N2O2/c36-32-26(17-20-35-18-15-24(16-19-35)23-7-3-1-4-8-23)11-12-27-21-28(13-14-29(27)32)33(37)34-31-22-30(31)25-9-5-2-6-10-25/h1-10,13-14,21,24,26,30-31H,11-12,15-20,22H2,(H,34,37)/t26?,30-,31-/m1/s1. The van der Waals surface area contributed by atoms with Crippen molar-refractivity contribution in [3.8, 4) is 0 Å². The maximum absolute atomic E-state index is 13.3. The molecule has 6 rings (SSSR count). The summed E-state index contributed by atoms with van der Waals surface area (Å²) in [7, 11) is 0. The first kappa shape index (κ1) is 24.1. The molecule has 0 bridgehead atoms. The molecule has 1 saturated carbocycles. The summed E-state index contributed by atoms with van der Waals surface area (Å²) in [6.45, 7) is 3.22. The fourth-order valence-electron chi connectivity index (χ4n) is 6.37. The molecule has 2 fully saturated rings. The lowest BCUT2D eigenvalue weighted by Crippen LogP contribution is -2.36. The molecule has 1 amide bonds. The topological polar surface area (TPSA) is 49.4 Å². The number of hydrogen-bond acceptors (Lipinski definition) is 3. The number of rotatable bonds is 7. The summed E-state index contributed by atoms with van der Waals surface area (Å²) in [5.74, 6) is 1.40. The van der Waals surface area contributed by atoms with E-state index in [1.807, 2.05) is 36.4 Å². The van der Waals surface area contributed by atoms with Crippen molar-refractivity contribution in [1.82, 2.24) is 10.2 Å². The largest absolute Gasteiger partial charge is 0.349 e. The van der Waals surface area contributed by atoms with Gasteiger partial charge in [0.2, 0.25) is 0 Å². The second-order valence-electron chi connectivity index (χ2n) is 11.1. The predicted octanol–water partition coefficient (Wildman–Crippen LogP) is 5.99. The van der Waals surface area contributed by atoms with Gasteiger partial charge in [0, 0.05) is 29.0 Å². The van der Waals surface area contributed by atoms with Crippen LogP contribution in [0.2, 0.25) is 0 Å². The summed E-state index contributed by atoms with van der Waals surface area (Å²) in [6.07, 6.45) is 6.07. The van der Waals surface area contributed by atoms with Crippen molar-refractivity contribution in [2.45, 2.75) is 56.4 Å². The summed E-state index contributed by atoms with van der Waals surface area (Å²) in [5.41, 5.74) is 5.28. The number of amides is 1. The highest BCUT2D eigenvalue weighted by molar-refractivity contribution is 6.02. The molecule has 3 aromatic carbocycles. The molecule has 3 aromatic rings. The van der Waals surface area contributed by atoms with Crippen LogP contribution in [0.1, 0.15) is 81.3 Å². The fourth-order valence-corrected chi connectivity index (χ4v) is 6.37. The van der Waals surface area contributed by atoms with Crippen LogP contribution in [-0.2, 0) is 6.42 Å². The zero-order valence-electron chi connectivity index (χ0n) is 21.4. The lowest BCUT2D eigenvalue weighted by Gasteiger charge is -2.33. The molecule has 2 aliphatic carbocycles. The number of likely N-dealkylation sites (tertiary alicyclic amines) is 1. The highest BCUT2D eigenvalue weighted by atomic mass is 16.1. The molecule has 4 heteroatoms. The molecular formula is C33H36N2O2. The van der Waals surface area contributed by atoms with Crippen molar-refractivity contribution in [2.75, 3.05) is 19.6 Å². The molecule has 1 heterocycles. The van der Waals surface area contributed by atoms with Crippen LogP contribution in [0.15, 0.2) is 78.9 Å². The number of ketones is 1. The van der Waals surface area contributed by atoms with Gasteiger partial charge in [0.25, 0.3) is 5.91 Å². The maximum Gasteiger partial charge on any atom is 0.251 e. The Labute approximate surface area is 220 Å². The molecule has 1 aliphatic heterocycles. The average Bonchev–Trinajstić information content (AvgIpc) is 3.73. The lowest BCUT2D eigenvalue weighted by molar-refractivity contribution is 0.0875. The van der Waals surface area contributed by atoms with Crippen LogP contribution in [0.4, 0.5) is 0 Å². The van der Waals surface area contributed by atoms with Crippen LogP contribution in [0, 0.1) is 5.92 Å². The highest BCUT2D eigenvalue weighted by Gasteiger charge is 2.39. The van der Waals surface area contributed by atoms with E-state index in [0.29, 0.717) is 17.4 Å². The first-order valence-corrected chi connectivity index (χ1v) is 14.0. The molecule has 1 unspecified atom stereocenters. The van der Waals surface area contributed by atoms with Crippen molar-refractivity contribution in [3.63, 3.8) is 0 Å². The van der Waals surface area contributed by atoms with E-state index in [4.69, 9.17) is 0 Å². The van der Waals surface area contributed by atoms with Crippen molar-refractivity contribution < 1.29 is 9.59 Å². The van der Waals surface area contributed by atoms with E-state index in [2.05, 4.69) is 52.7 Å². The van der Waals surface area contributed by atoms with Gasteiger partial charge in [0.15, 0.2) is 5.78 Å². The Kier molecular flexibility index (Phi) is 6.93. The van der Waals surface area contributed by atoms with Gasteiger partial charge in [0.05, 0.1) is 0 Å². The number of hydrogen-bond donors (Lipinski definition) is 1. The van der Waals surface area contributed by atoms with Gasteiger partial charge in [-0.2, -0.15) is 0 Å². The van der Waals surface area contributed by atoms with Gasteiger partial charge in [-0.25, -0.2) is 0 Å². The van der Waals surface area contributed by atoms with Crippen LogP contribution in [0.25, 0.3) is 0 Å². The predicted molar refractivity (Wildman–Crippen MR) is 147 cm³/mol. The Morgan fingerprint density at radius 1 is 0.865 bits per heavy atom. The molecule has 3 atom stereocenters. The third-order valence-electron chi connectivity index (χ3n) is 8.75. The fraction of sp³-hybridized carbons (Fsp3) is 0.394. The van der Waals surface area contributed by atoms with Crippen molar-refractivity contribution in [1.29, 1.82) is 0 Å². The summed E-state index contributed by atoms with van der Waals surface area (Å²) in [4.78, 5) is 28.7. The summed E-state index contributed by atoms with van der Waals surface area (Å²) < 4.78 is 0. The number of Topliss-reactive ketones (excluding diaryl/α,β-unsaturated/α-hetero) is 1. The Hall–Kier alpha value is -3.24. The van der Waals surface area contributed by atoms with Gasteiger partial charge in [-0.1, -0.05) is 66.7 Å². The first-order valence-electron chi connectivity index (χ1n) is 14.0. The molecule has 1 saturated heterocycles. The Morgan fingerprint density at radius 3 is 2.30 bits per heavy atom. The summed E-state index contributed by atoms with van der Waals surface area (Å²) in [6, 6.07) is 27.1. The number of nitrogens with zero attached hydrogens (tertiary/aromatic N) is 1. The molecule has 0 spiro atoms. The smallest absolute Gasteiger partial charge is 0.251 e. The van der Waals surface area contributed by atoms with E-state index in [1.54, 1.807) is 0 Å². The Morgan fingerprint density at radius 2 is 1.57 bits per heavy atom. The van der Waals surface area contributed by atoms with Crippen molar-refractivity contribution >= 4 is 11.7 Å². The molecule has 3 aliphatic rings. The maximum atomic E-state index is 13.3. The summed E-state index contributed by atoms with van der Waals surface area (Å²) >= 11 is 0. The molecule has 0 aromatic heterocycles. The molecule has 190 valence electrons. The van der Waals surface area contributed by atoms with Gasteiger partial charge in [-0.15, -0.1) is 0 Å². The number of aryl methyl sites for hydroxylation is 1. The minimum absolute atomic E-state index is 0.0280. The minimum Gasteiger partial charge on any atom is -0.349 e.